The molecule has 20 heavy (non-hydrogen) atoms. The minimum atomic E-state index is 0.392. The molecule has 2 N–H and O–H groups in total. The summed E-state index contributed by atoms with van der Waals surface area (Å²) in [4.78, 5) is 0. The smallest absolute Gasteiger partial charge is 0.0695 e. The summed E-state index contributed by atoms with van der Waals surface area (Å²) in [6.45, 7) is 3.73. The van der Waals surface area contributed by atoms with Gasteiger partial charge in [-0.15, -0.1) is 0 Å². The SMILES string of the molecule is CCCC(COC)NCc1cn[nH]c1-c1ccccc1. The van der Waals surface area contributed by atoms with Crippen LogP contribution in [0, 0.1) is 0 Å². The van der Waals surface area contributed by atoms with Crippen LogP contribution in [0.2, 0.25) is 0 Å². The van der Waals surface area contributed by atoms with Crippen molar-refractivity contribution in [2.24, 2.45) is 0 Å². The summed E-state index contributed by atoms with van der Waals surface area (Å²) >= 11 is 0. The maximum absolute atomic E-state index is 5.26. The van der Waals surface area contributed by atoms with Crippen LogP contribution in [0.3, 0.4) is 0 Å². The number of H-pyrrole nitrogens is 1. The van der Waals surface area contributed by atoms with Crippen molar-refractivity contribution in [3.05, 3.63) is 42.1 Å². The molecule has 0 aliphatic rings. The van der Waals surface area contributed by atoms with Crippen LogP contribution in [0.4, 0.5) is 0 Å². The van der Waals surface area contributed by atoms with Gasteiger partial charge in [-0.1, -0.05) is 43.7 Å². The highest BCUT2D eigenvalue weighted by Crippen LogP contribution is 2.20. The number of nitrogens with zero attached hydrogens (tertiary/aromatic N) is 1. The lowest BCUT2D eigenvalue weighted by Crippen LogP contribution is -2.32. The van der Waals surface area contributed by atoms with E-state index < -0.39 is 0 Å². The molecule has 0 spiro atoms. The Morgan fingerprint density at radius 3 is 2.80 bits per heavy atom. The Balaban J connectivity index is 2.02. The van der Waals surface area contributed by atoms with Crippen molar-refractivity contribution in [3.63, 3.8) is 0 Å². The van der Waals surface area contributed by atoms with Gasteiger partial charge in [0.1, 0.15) is 0 Å². The quantitative estimate of drug-likeness (QED) is 0.777. The standard InChI is InChI=1S/C16H23N3O/c1-3-7-15(12-20-2)17-10-14-11-18-19-16(14)13-8-5-4-6-9-13/h4-6,8-9,11,15,17H,3,7,10,12H2,1-2H3,(H,18,19). The summed E-state index contributed by atoms with van der Waals surface area (Å²) in [5, 5.41) is 10.8. The number of hydrogen-bond acceptors (Lipinski definition) is 3. The molecule has 1 unspecified atom stereocenters. The van der Waals surface area contributed by atoms with Crippen LogP contribution >= 0.6 is 0 Å². The first-order valence-corrected chi connectivity index (χ1v) is 7.15. The van der Waals surface area contributed by atoms with Gasteiger partial charge < -0.3 is 10.1 Å². The first-order valence-electron chi connectivity index (χ1n) is 7.15. The van der Waals surface area contributed by atoms with Crippen molar-refractivity contribution >= 4 is 0 Å². The summed E-state index contributed by atoms with van der Waals surface area (Å²) in [5.41, 5.74) is 3.44. The van der Waals surface area contributed by atoms with Crippen molar-refractivity contribution in [3.8, 4) is 11.3 Å². The Hall–Kier alpha value is -1.65. The fourth-order valence-corrected chi connectivity index (χ4v) is 2.35. The normalized spacial score (nSPS) is 12.5. The molecule has 0 radical (unpaired) electrons. The van der Waals surface area contributed by atoms with Crippen LogP contribution in [-0.4, -0.2) is 30.0 Å². The van der Waals surface area contributed by atoms with Gasteiger partial charge in [0.25, 0.3) is 0 Å². The molecule has 0 fully saturated rings. The van der Waals surface area contributed by atoms with E-state index in [1.807, 2.05) is 24.4 Å². The lowest BCUT2D eigenvalue weighted by molar-refractivity contribution is 0.161. The number of aromatic nitrogens is 2. The summed E-state index contributed by atoms with van der Waals surface area (Å²) in [5.74, 6) is 0. The van der Waals surface area contributed by atoms with Crippen molar-refractivity contribution in [2.75, 3.05) is 13.7 Å². The number of ether oxygens (including phenoxy) is 1. The second kappa shape index (κ2) is 7.82. The third-order valence-electron chi connectivity index (χ3n) is 3.37. The van der Waals surface area contributed by atoms with Gasteiger partial charge in [0.05, 0.1) is 18.5 Å². The van der Waals surface area contributed by atoms with Crippen LogP contribution in [0.25, 0.3) is 11.3 Å². The molecule has 0 bridgehead atoms. The molecule has 2 aromatic rings. The first-order chi connectivity index (χ1) is 9.85. The lowest BCUT2D eigenvalue weighted by atomic mass is 10.1. The number of aromatic amines is 1. The van der Waals surface area contributed by atoms with E-state index in [4.69, 9.17) is 4.74 Å². The van der Waals surface area contributed by atoms with Gasteiger partial charge in [-0.2, -0.15) is 5.10 Å². The molecule has 0 aliphatic carbocycles. The molecule has 1 atom stereocenters. The number of hydrogen-bond donors (Lipinski definition) is 2. The summed E-state index contributed by atoms with van der Waals surface area (Å²) < 4.78 is 5.26. The average molecular weight is 273 g/mol. The van der Waals surface area contributed by atoms with Crippen molar-refractivity contribution < 1.29 is 4.74 Å². The molecule has 0 amide bonds. The van der Waals surface area contributed by atoms with Gasteiger partial charge in [-0.25, -0.2) is 0 Å². The van der Waals surface area contributed by atoms with Crippen molar-refractivity contribution in [1.29, 1.82) is 0 Å². The topological polar surface area (TPSA) is 49.9 Å². The summed E-state index contributed by atoms with van der Waals surface area (Å²) in [7, 11) is 1.75. The molecule has 4 heteroatoms. The molecule has 0 aliphatic heterocycles. The third-order valence-corrected chi connectivity index (χ3v) is 3.37. The van der Waals surface area contributed by atoms with Crippen LogP contribution in [0.5, 0.6) is 0 Å². The maximum Gasteiger partial charge on any atom is 0.0695 e. The Morgan fingerprint density at radius 1 is 1.30 bits per heavy atom. The highest BCUT2D eigenvalue weighted by Gasteiger charge is 2.10. The van der Waals surface area contributed by atoms with E-state index >= 15 is 0 Å². The van der Waals surface area contributed by atoms with Gasteiger partial charge in [0.2, 0.25) is 0 Å². The second-order valence-electron chi connectivity index (χ2n) is 4.96. The van der Waals surface area contributed by atoms with E-state index in [1.165, 1.54) is 11.1 Å². The van der Waals surface area contributed by atoms with Gasteiger partial charge in [-0.05, 0) is 12.0 Å². The molecule has 0 saturated carbocycles. The zero-order valence-corrected chi connectivity index (χ0v) is 12.2. The minimum absolute atomic E-state index is 0.392. The summed E-state index contributed by atoms with van der Waals surface area (Å²) in [6, 6.07) is 10.7. The van der Waals surface area contributed by atoms with Crippen LogP contribution in [-0.2, 0) is 11.3 Å². The van der Waals surface area contributed by atoms with E-state index in [2.05, 4.69) is 34.6 Å². The number of rotatable bonds is 8. The van der Waals surface area contributed by atoms with E-state index in [1.54, 1.807) is 7.11 Å². The molecule has 0 saturated heterocycles. The zero-order chi connectivity index (χ0) is 14.2. The minimum Gasteiger partial charge on any atom is -0.383 e. The van der Waals surface area contributed by atoms with Gasteiger partial charge in [-0.3, -0.25) is 5.10 Å². The van der Waals surface area contributed by atoms with Gasteiger partial charge >= 0.3 is 0 Å². The highest BCUT2D eigenvalue weighted by molar-refractivity contribution is 5.62. The molecular weight excluding hydrogens is 250 g/mol. The largest absolute Gasteiger partial charge is 0.383 e. The van der Waals surface area contributed by atoms with Gasteiger partial charge in [0, 0.05) is 25.3 Å². The number of benzene rings is 1. The molecule has 2 rings (SSSR count). The fraction of sp³-hybridized carbons (Fsp3) is 0.438. The molecule has 108 valence electrons. The molecule has 1 aromatic carbocycles. The number of methoxy groups -OCH3 is 1. The Kier molecular flexibility index (Phi) is 5.77. The van der Waals surface area contributed by atoms with E-state index in [0.717, 1.165) is 31.7 Å². The predicted molar refractivity (Wildman–Crippen MR) is 81.4 cm³/mol. The van der Waals surface area contributed by atoms with E-state index in [9.17, 15) is 0 Å². The van der Waals surface area contributed by atoms with Crippen LogP contribution < -0.4 is 5.32 Å². The molecule has 1 heterocycles. The van der Waals surface area contributed by atoms with E-state index in [-0.39, 0.29) is 0 Å². The maximum atomic E-state index is 5.26. The molecule has 1 aromatic heterocycles. The fourth-order valence-electron chi connectivity index (χ4n) is 2.35. The van der Waals surface area contributed by atoms with Crippen LogP contribution in [0.15, 0.2) is 36.5 Å². The predicted octanol–water partition coefficient (Wildman–Crippen LogP) is 2.98. The summed E-state index contributed by atoms with van der Waals surface area (Å²) in [6.07, 6.45) is 4.16. The third kappa shape index (κ3) is 3.92. The Labute approximate surface area is 120 Å². The Bertz CT molecular complexity index is 489. The van der Waals surface area contributed by atoms with Crippen LogP contribution in [0.1, 0.15) is 25.3 Å². The second-order valence-corrected chi connectivity index (χ2v) is 4.96. The zero-order valence-electron chi connectivity index (χ0n) is 12.2. The monoisotopic (exact) mass is 273 g/mol. The first kappa shape index (κ1) is 14.8. The molecule has 4 nitrogen and oxygen atoms in total. The van der Waals surface area contributed by atoms with Gasteiger partial charge in [0.15, 0.2) is 0 Å². The highest BCUT2D eigenvalue weighted by atomic mass is 16.5. The Morgan fingerprint density at radius 2 is 2.10 bits per heavy atom. The van der Waals surface area contributed by atoms with Crippen molar-refractivity contribution in [2.45, 2.75) is 32.4 Å². The van der Waals surface area contributed by atoms with E-state index in [0.29, 0.717) is 6.04 Å². The van der Waals surface area contributed by atoms with Crippen molar-refractivity contribution in [1.82, 2.24) is 15.5 Å². The lowest BCUT2D eigenvalue weighted by Gasteiger charge is -2.17. The average Bonchev–Trinajstić information content (AvgIpc) is 2.94. The number of nitrogens with one attached hydrogen (secondary N) is 2. The molecular formula is C16H23N3O.